The third-order valence-electron chi connectivity index (χ3n) is 17.4. The summed E-state index contributed by atoms with van der Waals surface area (Å²) in [5.74, 6) is -12.7. The summed E-state index contributed by atoms with van der Waals surface area (Å²) >= 11 is 8.33. The van der Waals surface area contributed by atoms with Gasteiger partial charge in [0, 0.05) is 67.6 Å². The van der Waals surface area contributed by atoms with Crippen LogP contribution in [0.15, 0.2) is 75.8 Å². The predicted octanol–water partition coefficient (Wildman–Crippen LogP) is -7.78. The van der Waals surface area contributed by atoms with Gasteiger partial charge in [-0.1, -0.05) is 48.5 Å². The van der Waals surface area contributed by atoms with Gasteiger partial charge in [-0.25, -0.2) is 4.79 Å². The smallest absolute Gasteiger partial charge is 0.326 e. The highest BCUT2D eigenvalue weighted by Crippen LogP contribution is 2.22. The van der Waals surface area contributed by atoms with Gasteiger partial charge < -0.3 is 130 Å². The molecule has 2 aromatic carbocycles. The summed E-state index contributed by atoms with van der Waals surface area (Å²) in [4.78, 5) is 196. The lowest BCUT2D eigenvalue weighted by atomic mass is 10.0. The number of amides is 12. The predicted molar refractivity (Wildman–Crippen MR) is 416 cm³/mol. The van der Waals surface area contributed by atoms with Gasteiger partial charge in [0.2, 0.25) is 70.9 Å². The molecule has 608 valence electrons. The summed E-state index contributed by atoms with van der Waals surface area (Å²) in [5.41, 5.74) is 52.5. The third-order valence-corrected chi connectivity index (χ3v) is 18.2. The Morgan fingerprint density at radius 1 is 0.491 bits per heavy atom. The number of carbonyl (C=O) groups is 13. The Kier molecular flexibility index (Phi) is 41.3. The molecule has 0 unspecified atom stereocenters. The number of nitrogens with one attached hydrogen (secondary N) is 12. The van der Waals surface area contributed by atoms with Crippen LogP contribution in [-0.2, 0) is 75.2 Å². The van der Waals surface area contributed by atoms with Crippen molar-refractivity contribution in [3.05, 3.63) is 71.9 Å². The first-order valence-electron chi connectivity index (χ1n) is 36.1. The third kappa shape index (κ3) is 32.7. The van der Waals surface area contributed by atoms with E-state index in [1.54, 1.807) is 54.7 Å². The van der Waals surface area contributed by atoms with E-state index in [1.165, 1.54) is 4.90 Å². The van der Waals surface area contributed by atoms with Crippen LogP contribution >= 0.6 is 25.3 Å². The van der Waals surface area contributed by atoms with Crippen LogP contribution in [0, 0.1) is 0 Å². The molecule has 3 aromatic rings. The van der Waals surface area contributed by atoms with Crippen molar-refractivity contribution >= 4 is 131 Å². The molecule has 42 heteroatoms. The number of thiol groups is 2. The zero-order valence-electron chi connectivity index (χ0n) is 61.3. The molecule has 2 heterocycles. The van der Waals surface area contributed by atoms with E-state index in [9.17, 15) is 72.5 Å². The molecule has 0 radical (unpaired) electrons. The molecule has 0 aliphatic carbocycles. The molecule has 0 saturated carbocycles. The Balaban J connectivity index is 1.49. The van der Waals surface area contributed by atoms with Crippen LogP contribution in [-0.4, -0.2) is 252 Å². The number of hydrogen-bond acceptors (Lipinski definition) is 22. The fraction of sp³-hybridized carbons (Fsp3) is 0.559. The van der Waals surface area contributed by atoms with Crippen molar-refractivity contribution in [2.75, 3.05) is 70.5 Å². The van der Waals surface area contributed by atoms with E-state index in [1.807, 2.05) is 6.07 Å². The molecule has 40 nitrogen and oxygen atoms in total. The summed E-state index contributed by atoms with van der Waals surface area (Å²) in [7, 11) is 0. The molecule has 4 rings (SSSR count). The van der Waals surface area contributed by atoms with Crippen LogP contribution in [0.5, 0.6) is 0 Å². The topological polar surface area (TPSA) is 685 Å². The largest absolute Gasteiger partial charge is 0.480 e. The maximum Gasteiger partial charge on any atom is 0.326 e. The molecule has 1 aliphatic rings. The Hall–Kier alpha value is -10.6. The lowest BCUT2D eigenvalue weighted by molar-refractivity contribution is -0.142. The van der Waals surface area contributed by atoms with E-state index in [2.05, 4.69) is 104 Å². The van der Waals surface area contributed by atoms with Gasteiger partial charge in [0.15, 0.2) is 17.9 Å². The van der Waals surface area contributed by atoms with Gasteiger partial charge in [0.1, 0.15) is 60.4 Å². The number of nitrogens with zero attached hydrogens (tertiary/aromatic N) is 4. The number of benzene rings is 2. The minimum Gasteiger partial charge on any atom is -0.480 e. The van der Waals surface area contributed by atoms with E-state index in [0.717, 1.165) is 10.9 Å². The highest BCUT2D eigenvalue weighted by Gasteiger charge is 2.40. The number of hydrogen-bond donors (Lipinski definition) is 25. The second kappa shape index (κ2) is 49.5. The number of rotatable bonds is 51. The molecule has 12 amide bonds. The number of aliphatic imine (C=N–C) groups is 3. The summed E-state index contributed by atoms with van der Waals surface area (Å²) in [6.07, 6.45) is 3.22. The van der Waals surface area contributed by atoms with Crippen LogP contribution in [0.3, 0.4) is 0 Å². The molecular formula is C68H109N25O15S2. The fourth-order valence-corrected chi connectivity index (χ4v) is 12.0. The highest BCUT2D eigenvalue weighted by molar-refractivity contribution is 7.80. The van der Waals surface area contributed by atoms with E-state index in [4.69, 9.17) is 51.6 Å². The standard InChI is InChI=1S/C68H109N25O15S2/c69-24-8-6-18-43(87-61(103)50(35-94)91-63(105)52-23-13-29-93(52)64(106)47(22-12-28-80-68(76)77)89-55(97)41(71)36-109)56(98)82-33-53(95)84-45(21-11-27-79-67(74)75)58(100)88-46(19-7-9-25-70)59(101)86-44(20-10-26-78-66(72)73)57(99)83-34-54(96)85-48(30-38-14-2-1-3-15-38)60(102)92-51(37-110)62(104)90-49(65(107)108)31-39-32-81-42-17-5-4-16-40(39)42/h1-5,14-17,32,41,43-52,81,94,109-110H,6-13,18-31,33-37,69-71H2,(H,82,98)(H,83,99)(H,84,95)(H,85,96)(H,86,101)(H,87,103)(H,88,100)(H,89,97)(H,90,104)(H,91,105)(H,92,102)(H,107,108)(H4,72,73,78)(H4,74,75,79)(H4,76,77,80)/t41-,43-,44-,45-,46-,47-,48-,49-,50-,51-,52-/m0/s1. The lowest BCUT2D eigenvalue weighted by Crippen LogP contribution is -2.59. The van der Waals surface area contributed by atoms with Gasteiger partial charge in [0.05, 0.1) is 25.7 Å². The van der Waals surface area contributed by atoms with Crippen molar-refractivity contribution in [1.82, 2.24) is 68.4 Å². The van der Waals surface area contributed by atoms with Crippen molar-refractivity contribution in [3.8, 4) is 0 Å². The number of aliphatic hydroxyl groups excluding tert-OH is 1. The van der Waals surface area contributed by atoms with E-state index < -0.39 is 163 Å². The monoisotopic (exact) mass is 1580 g/mol. The maximum absolute atomic E-state index is 14.5. The van der Waals surface area contributed by atoms with Crippen molar-refractivity contribution in [3.63, 3.8) is 0 Å². The molecule has 32 N–H and O–H groups in total. The molecule has 1 aliphatic heterocycles. The minimum absolute atomic E-state index is 0.0192. The van der Waals surface area contributed by atoms with Gasteiger partial charge in [-0.05, 0) is 120 Å². The zero-order chi connectivity index (χ0) is 81.2. The van der Waals surface area contributed by atoms with Crippen molar-refractivity contribution in [1.29, 1.82) is 0 Å². The first kappa shape index (κ1) is 91.8. The Labute approximate surface area is 647 Å². The fourth-order valence-electron chi connectivity index (χ4n) is 11.6. The Bertz CT molecular complexity index is 3640. The molecule has 0 spiro atoms. The second-order valence-corrected chi connectivity index (χ2v) is 26.7. The van der Waals surface area contributed by atoms with Crippen molar-refractivity contribution in [2.24, 2.45) is 66.6 Å². The number of aliphatic carboxylic acids is 1. The van der Waals surface area contributed by atoms with Gasteiger partial charge in [-0.2, -0.15) is 25.3 Å². The van der Waals surface area contributed by atoms with Crippen molar-refractivity contribution in [2.45, 2.75) is 169 Å². The van der Waals surface area contributed by atoms with Gasteiger partial charge in [-0.3, -0.25) is 72.5 Å². The zero-order valence-corrected chi connectivity index (χ0v) is 63.1. The van der Waals surface area contributed by atoms with Crippen LogP contribution in [0.4, 0.5) is 0 Å². The molecule has 110 heavy (non-hydrogen) atoms. The molecular weight excluding hydrogens is 1470 g/mol. The van der Waals surface area contributed by atoms with Gasteiger partial charge in [0.25, 0.3) is 0 Å². The number of fused-ring (bicyclic) bond motifs is 1. The normalized spacial score (nSPS) is 15.1. The Morgan fingerprint density at radius 2 is 0.927 bits per heavy atom. The van der Waals surface area contributed by atoms with Gasteiger partial charge in [-0.15, -0.1) is 0 Å². The molecule has 1 saturated heterocycles. The number of guanidine groups is 3. The van der Waals surface area contributed by atoms with Gasteiger partial charge >= 0.3 is 5.97 Å². The second-order valence-electron chi connectivity index (χ2n) is 26.0. The maximum atomic E-state index is 14.5. The quantitative estimate of drug-likeness (QED) is 0.0108. The molecule has 1 aromatic heterocycles. The molecule has 1 fully saturated rings. The number of para-hydroxylation sites is 1. The van der Waals surface area contributed by atoms with E-state index >= 15 is 0 Å². The summed E-state index contributed by atoms with van der Waals surface area (Å²) in [6.45, 7) is -2.00. The average molecular weight is 1580 g/mol. The number of nitrogens with two attached hydrogens (primary N) is 9. The van der Waals surface area contributed by atoms with E-state index in [0.29, 0.717) is 30.4 Å². The SMILES string of the molecule is NCCCC[C@H](NC(=O)[C@H](CO)NC(=O)[C@@H]1CCCN1C(=O)[C@H](CCCN=C(N)N)NC(=O)[C@@H](N)CS)C(=O)NCC(=O)N[C@@H](CCCN=C(N)N)C(=O)N[C@@H](CCCCN)C(=O)N[C@@H](CCCN=C(N)N)C(=O)NCC(=O)N[C@@H](Cc1ccccc1)C(=O)N[C@@H](CS)C(=O)N[C@@H](Cc1c[nH]c2ccccc12)C(=O)O. The Morgan fingerprint density at radius 3 is 1.43 bits per heavy atom. The first-order chi connectivity index (χ1) is 52.5. The summed E-state index contributed by atoms with van der Waals surface area (Å²) in [5, 5.41) is 49.2. The number of carbonyl (C=O) groups excluding carboxylic acids is 12. The van der Waals surface area contributed by atoms with E-state index in [-0.39, 0.29) is 152 Å². The van der Waals surface area contributed by atoms with Crippen LogP contribution in [0.2, 0.25) is 0 Å². The number of likely N-dealkylation sites (tertiary alicyclic amines) is 1. The number of aliphatic hydroxyl groups is 1. The van der Waals surface area contributed by atoms with Crippen LogP contribution in [0.25, 0.3) is 10.9 Å². The number of unbranched alkanes of at least 4 members (excludes halogenated alkanes) is 2. The first-order valence-corrected chi connectivity index (χ1v) is 37.3. The summed E-state index contributed by atoms with van der Waals surface area (Å²) in [6, 6.07) is 0.702. The number of H-pyrrole nitrogens is 1. The highest BCUT2D eigenvalue weighted by atomic mass is 32.1. The number of carboxylic acids is 1. The summed E-state index contributed by atoms with van der Waals surface area (Å²) < 4.78 is 0. The number of carboxylic acid groups (broad SMARTS) is 1. The average Bonchev–Trinajstić information content (AvgIpc) is 1.65. The minimum atomic E-state index is -1.67. The molecule has 11 atom stereocenters. The molecule has 0 bridgehead atoms. The number of aromatic amines is 1. The lowest BCUT2D eigenvalue weighted by Gasteiger charge is -2.30. The van der Waals surface area contributed by atoms with Crippen LogP contribution in [0.1, 0.15) is 101 Å². The van der Waals surface area contributed by atoms with Crippen LogP contribution < -0.4 is 110 Å². The number of aromatic nitrogens is 1. The van der Waals surface area contributed by atoms with Crippen molar-refractivity contribution < 1.29 is 72.5 Å².